The van der Waals surface area contributed by atoms with Gasteiger partial charge in [0.1, 0.15) is 11.9 Å². The van der Waals surface area contributed by atoms with E-state index in [4.69, 9.17) is 4.74 Å². The molecule has 0 saturated heterocycles. The number of ether oxygens (including phenoxy) is 1. The Balaban J connectivity index is 1.51. The standard InChI is InChI=1S/C25H23NO4/c27-24(28)17-23(30-20-9-2-1-3-10-20)19-13-15-26(16-14-19)25(29)22-12-6-8-18-7-4-5-11-21(18)22/h1-13,23H,14-17H2,(H,27,28). The van der Waals surface area contributed by atoms with Gasteiger partial charge in [-0.25, -0.2) is 0 Å². The van der Waals surface area contributed by atoms with Gasteiger partial charge in [0.05, 0.1) is 6.42 Å². The third-order valence-electron chi connectivity index (χ3n) is 5.35. The van der Waals surface area contributed by atoms with Gasteiger partial charge in [0, 0.05) is 18.7 Å². The Labute approximate surface area is 175 Å². The van der Waals surface area contributed by atoms with Crippen molar-refractivity contribution < 1.29 is 19.4 Å². The summed E-state index contributed by atoms with van der Waals surface area (Å²) in [6, 6.07) is 22.8. The first-order valence-electron chi connectivity index (χ1n) is 10.0. The molecular formula is C25H23NO4. The second-order valence-electron chi connectivity index (χ2n) is 7.32. The van der Waals surface area contributed by atoms with E-state index in [9.17, 15) is 14.7 Å². The van der Waals surface area contributed by atoms with E-state index in [2.05, 4.69) is 0 Å². The van der Waals surface area contributed by atoms with Crippen LogP contribution < -0.4 is 4.74 Å². The highest BCUT2D eigenvalue weighted by Gasteiger charge is 2.26. The SMILES string of the molecule is O=C(O)CC(Oc1ccccc1)C1=CCN(C(=O)c2cccc3ccccc23)CC1. The van der Waals surface area contributed by atoms with Gasteiger partial charge in [-0.1, -0.05) is 60.7 Å². The highest BCUT2D eigenvalue weighted by Crippen LogP contribution is 2.25. The minimum absolute atomic E-state index is 0.0131. The molecule has 0 radical (unpaired) electrons. The van der Waals surface area contributed by atoms with E-state index in [0.717, 1.165) is 16.3 Å². The maximum atomic E-state index is 13.1. The van der Waals surface area contributed by atoms with Crippen molar-refractivity contribution in [2.45, 2.75) is 18.9 Å². The Hall–Kier alpha value is -3.60. The fraction of sp³-hybridized carbons (Fsp3) is 0.200. The predicted molar refractivity (Wildman–Crippen MR) is 116 cm³/mol. The molecular weight excluding hydrogens is 378 g/mol. The van der Waals surface area contributed by atoms with Crippen molar-refractivity contribution in [3.8, 4) is 5.75 Å². The molecule has 1 heterocycles. The Morgan fingerprint density at radius 1 is 0.967 bits per heavy atom. The summed E-state index contributed by atoms with van der Waals surface area (Å²) in [5.41, 5.74) is 1.61. The molecule has 0 bridgehead atoms. The normalized spacial score (nSPS) is 14.8. The van der Waals surface area contributed by atoms with Gasteiger partial charge in [-0.3, -0.25) is 9.59 Å². The number of aliphatic carboxylic acids is 1. The fourth-order valence-electron chi connectivity index (χ4n) is 3.81. The summed E-state index contributed by atoms with van der Waals surface area (Å²) in [4.78, 5) is 26.3. The molecule has 1 amide bonds. The average molecular weight is 401 g/mol. The van der Waals surface area contributed by atoms with Crippen LogP contribution in [0.5, 0.6) is 5.75 Å². The summed E-state index contributed by atoms with van der Waals surface area (Å²) in [7, 11) is 0. The Kier molecular flexibility index (Phi) is 5.80. The van der Waals surface area contributed by atoms with Crippen LogP contribution in [0.25, 0.3) is 10.8 Å². The first-order chi connectivity index (χ1) is 14.6. The molecule has 0 saturated carbocycles. The Bertz CT molecular complexity index is 1090. The Morgan fingerprint density at radius 3 is 2.43 bits per heavy atom. The molecule has 30 heavy (non-hydrogen) atoms. The van der Waals surface area contributed by atoms with Crippen LogP contribution in [0.3, 0.4) is 0 Å². The zero-order chi connectivity index (χ0) is 20.9. The lowest BCUT2D eigenvalue weighted by Gasteiger charge is -2.30. The maximum Gasteiger partial charge on any atom is 0.307 e. The third kappa shape index (κ3) is 4.35. The van der Waals surface area contributed by atoms with Crippen LogP contribution in [0, 0.1) is 0 Å². The van der Waals surface area contributed by atoms with Crippen LogP contribution in [0.2, 0.25) is 0 Å². The van der Waals surface area contributed by atoms with Gasteiger partial charge in [0.15, 0.2) is 0 Å². The zero-order valence-electron chi connectivity index (χ0n) is 16.5. The van der Waals surface area contributed by atoms with Gasteiger partial charge in [0.2, 0.25) is 0 Å². The number of carboxylic acid groups (broad SMARTS) is 1. The van der Waals surface area contributed by atoms with Crippen molar-refractivity contribution in [2.75, 3.05) is 13.1 Å². The summed E-state index contributed by atoms with van der Waals surface area (Å²) in [6.45, 7) is 0.966. The summed E-state index contributed by atoms with van der Waals surface area (Å²) in [6.07, 6.45) is 1.86. The number of hydrogen-bond acceptors (Lipinski definition) is 3. The molecule has 3 aromatic carbocycles. The number of fused-ring (bicyclic) bond motifs is 1. The summed E-state index contributed by atoms with van der Waals surface area (Å²) in [5, 5.41) is 11.3. The molecule has 0 aromatic heterocycles. The second-order valence-corrected chi connectivity index (χ2v) is 7.32. The minimum Gasteiger partial charge on any atom is -0.485 e. The molecule has 152 valence electrons. The lowest BCUT2D eigenvalue weighted by atomic mass is 9.98. The molecule has 1 N–H and O–H groups in total. The monoisotopic (exact) mass is 401 g/mol. The number of carboxylic acids is 1. The molecule has 1 atom stereocenters. The van der Waals surface area contributed by atoms with E-state index in [1.807, 2.05) is 78.9 Å². The molecule has 0 fully saturated rings. The highest BCUT2D eigenvalue weighted by molar-refractivity contribution is 6.07. The molecule has 1 aliphatic heterocycles. The van der Waals surface area contributed by atoms with E-state index in [-0.39, 0.29) is 12.3 Å². The number of carbonyl (C=O) groups is 2. The van der Waals surface area contributed by atoms with Crippen molar-refractivity contribution in [1.29, 1.82) is 0 Å². The number of benzene rings is 3. The molecule has 3 aromatic rings. The predicted octanol–water partition coefficient (Wildman–Crippen LogP) is 4.53. The smallest absolute Gasteiger partial charge is 0.307 e. The van der Waals surface area contributed by atoms with Gasteiger partial charge >= 0.3 is 5.97 Å². The van der Waals surface area contributed by atoms with Crippen LogP contribution in [-0.2, 0) is 4.79 Å². The van der Waals surface area contributed by atoms with Crippen molar-refractivity contribution in [1.82, 2.24) is 4.90 Å². The van der Waals surface area contributed by atoms with Gasteiger partial charge < -0.3 is 14.7 Å². The number of para-hydroxylation sites is 1. The Morgan fingerprint density at radius 2 is 1.70 bits per heavy atom. The van der Waals surface area contributed by atoms with Crippen molar-refractivity contribution >= 4 is 22.6 Å². The lowest BCUT2D eigenvalue weighted by molar-refractivity contribution is -0.138. The van der Waals surface area contributed by atoms with E-state index in [0.29, 0.717) is 30.8 Å². The first-order valence-corrected chi connectivity index (χ1v) is 10.0. The number of hydrogen-bond donors (Lipinski definition) is 1. The van der Waals surface area contributed by atoms with Crippen molar-refractivity contribution in [2.24, 2.45) is 0 Å². The molecule has 0 aliphatic carbocycles. The molecule has 4 rings (SSSR count). The summed E-state index contributed by atoms with van der Waals surface area (Å²) >= 11 is 0. The van der Waals surface area contributed by atoms with Crippen LogP contribution >= 0.6 is 0 Å². The van der Waals surface area contributed by atoms with Crippen LogP contribution in [-0.4, -0.2) is 41.1 Å². The largest absolute Gasteiger partial charge is 0.485 e. The average Bonchev–Trinajstić information content (AvgIpc) is 2.78. The number of carbonyl (C=O) groups excluding carboxylic acids is 1. The van der Waals surface area contributed by atoms with Crippen molar-refractivity contribution in [3.63, 3.8) is 0 Å². The van der Waals surface area contributed by atoms with E-state index in [1.54, 1.807) is 4.90 Å². The number of amides is 1. The zero-order valence-corrected chi connectivity index (χ0v) is 16.5. The topological polar surface area (TPSA) is 66.8 Å². The molecule has 5 heteroatoms. The molecule has 1 aliphatic rings. The van der Waals surface area contributed by atoms with Gasteiger partial charge in [-0.05, 0) is 41.0 Å². The number of rotatable bonds is 6. The molecule has 1 unspecified atom stereocenters. The van der Waals surface area contributed by atoms with Crippen LogP contribution in [0.4, 0.5) is 0 Å². The van der Waals surface area contributed by atoms with Gasteiger partial charge in [-0.2, -0.15) is 0 Å². The molecule has 5 nitrogen and oxygen atoms in total. The summed E-state index contributed by atoms with van der Waals surface area (Å²) in [5.74, 6) is -0.286. The van der Waals surface area contributed by atoms with Gasteiger partial charge in [-0.15, -0.1) is 0 Å². The second kappa shape index (κ2) is 8.82. The fourth-order valence-corrected chi connectivity index (χ4v) is 3.81. The highest BCUT2D eigenvalue weighted by atomic mass is 16.5. The lowest BCUT2D eigenvalue weighted by Crippen LogP contribution is -2.37. The van der Waals surface area contributed by atoms with Crippen LogP contribution in [0.15, 0.2) is 84.4 Å². The van der Waals surface area contributed by atoms with Crippen LogP contribution in [0.1, 0.15) is 23.2 Å². The first kappa shape index (κ1) is 19.7. The third-order valence-corrected chi connectivity index (χ3v) is 5.35. The van der Waals surface area contributed by atoms with E-state index in [1.165, 1.54) is 0 Å². The maximum absolute atomic E-state index is 13.1. The summed E-state index contributed by atoms with van der Waals surface area (Å²) < 4.78 is 5.95. The van der Waals surface area contributed by atoms with E-state index >= 15 is 0 Å². The van der Waals surface area contributed by atoms with Gasteiger partial charge in [0.25, 0.3) is 5.91 Å². The van der Waals surface area contributed by atoms with E-state index < -0.39 is 12.1 Å². The quantitative estimate of drug-likeness (QED) is 0.616. The van der Waals surface area contributed by atoms with Crippen molar-refractivity contribution in [3.05, 3.63) is 90.0 Å². The number of nitrogens with zero attached hydrogens (tertiary/aromatic N) is 1. The molecule has 0 spiro atoms. The minimum atomic E-state index is -0.911.